The second kappa shape index (κ2) is 7.36. The number of aliphatic carboxylic acids is 1. The normalized spacial score (nSPS) is 21.7. The number of likely N-dealkylation sites (tertiary alicyclic amines) is 1. The number of carboxylic acids is 1. The fraction of sp³-hybridized carbons (Fsp3) is 0.444. The summed E-state index contributed by atoms with van der Waals surface area (Å²) in [5.41, 5.74) is 0.771. The molecule has 0 radical (unpaired) electrons. The molecule has 8 heteroatoms. The van der Waals surface area contributed by atoms with Gasteiger partial charge in [-0.05, 0) is 24.5 Å². The highest BCUT2D eigenvalue weighted by Crippen LogP contribution is 2.32. The Labute approximate surface area is 153 Å². The number of alkyl halides is 3. The Hall–Kier alpha value is -1.93. The summed E-state index contributed by atoms with van der Waals surface area (Å²) in [6.07, 6.45) is -3.67. The molecular weight excluding hydrogens is 365 g/mol. The van der Waals surface area contributed by atoms with Crippen LogP contribution in [-0.2, 0) is 17.5 Å². The Kier molecular flexibility index (Phi) is 5.34. The summed E-state index contributed by atoms with van der Waals surface area (Å²) in [6, 6.07) is 4.96. The van der Waals surface area contributed by atoms with Crippen LogP contribution >= 0.6 is 11.3 Å². The average Bonchev–Trinajstić information content (AvgIpc) is 3.02. The van der Waals surface area contributed by atoms with Gasteiger partial charge in [-0.15, -0.1) is 11.3 Å². The minimum absolute atomic E-state index is 0.304. The Morgan fingerprint density at radius 2 is 2.00 bits per heavy atom. The number of rotatable bonds is 4. The first-order valence-corrected chi connectivity index (χ1v) is 9.17. The number of aromatic nitrogens is 1. The average molecular weight is 384 g/mol. The smallest absolute Gasteiger partial charge is 0.416 e. The molecule has 140 valence electrons. The van der Waals surface area contributed by atoms with Crippen LogP contribution in [0.25, 0.3) is 10.6 Å². The molecule has 0 amide bonds. The SMILES string of the molecule is CC1CC(C(=O)O)CN(Cc2csc(-c3ccc(C(F)(F)F)cc3)n2)C1. The number of carbonyl (C=O) groups is 1. The first-order valence-electron chi connectivity index (χ1n) is 8.29. The molecule has 1 aliphatic rings. The first kappa shape index (κ1) is 18.8. The third-order valence-corrected chi connectivity index (χ3v) is 5.42. The second-order valence-corrected chi connectivity index (χ2v) is 7.65. The Bertz CT molecular complexity index is 773. The van der Waals surface area contributed by atoms with E-state index in [2.05, 4.69) is 9.88 Å². The quantitative estimate of drug-likeness (QED) is 0.850. The van der Waals surface area contributed by atoms with Crippen LogP contribution in [0.4, 0.5) is 13.2 Å². The number of hydrogen-bond donors (Lipinski definition) is 1. The Morgan fingerprint density at radius 3 is 2.62 bits per heavy atom. The number of nitrogens with zero attached hydrogens (tertiary/aromatic N) is 2. The van der Waals surface area contributed by atoms with E-state index in [0.29, 0.717) is 36.0 Å². The summed E-state index contributed by atoms with van der Waals surface area (Å²) in [5, 5.41) is 11.8. The van der Waals surface area contributed by atoms with E-state index in [-0.39, 0.29) is 5.92 Å². The van der Waals surface area contributed by atoms with Gasteiger partial charge in [0, 0.05) is 30.6 Å². The third-order valence-electron chi connectivity index (χ3n) is 4.48. The van der Waals surface area contributed by atoms with Crippen molar-refractivity contribution in [3.63, 3.8) is 0 Å². The first-order chi connectivity index (χ1) is 12.2. The predicted octanol–water partition coefficient (Wildman–Crippen LogP) is 4.37. The van der Waals surface area contributed by atoms with Crippen LogP contribution < -0.4 is 0 Å². The molecule has 1 aliphatic heterocycles. The molecule has 2 unspecified atom stereocenters. The van der Waals surface area contributed by atoms with Gasteiger partial charge in [0.2, 0.25) is 0 Å². The van der Waals surface area contributed by atoms with Gasteiger partial charge >= 0.3 is 12.1 Å². The van der Waals surface area contributed by atoms with Crippen molar-refractivity contribution in [1.82, 2.24) is 9.88 Å². The highest BCUT2D eigenvalue weighted by atomic mass is 32.1. The number of halogens is 3. The molecule has 1 fully saturated rings. The van der Waals surface area contributed by atoms with Gasteiger partial charge in [0.1, 0.15) is 5.01 Å². The van der Waals surface area contributed by atoms with Gasteiger partial charge in [-0.3, -0.25) is 9.69 Å². The Balaban J connectivity index is 1.69. The molecule has 0 spiro atoms. The van der Waals surface area contributed by atoms with E-state index in [1.54, 1.807) is 0 Å². The summed E-state index contributed by atoms with van der Waals surface area (Å²) in [7, 11) is 0. The molecule has 2 heterocycles. The molecule has 2 atom stereocenters. The maximum absolute atomic E-state index is 12.6. The van der Waals surface area contributed by atoms with E-state index in [4.69, 9.17) is 0 Å². The van der Waals surface area contributed by atoms with Gasteiger partial charge in [-0.1, -0.05) is 19.1 Å². The monoisotopic (exact) mass is 384 g/mol. The van der Waals surface area contributed by atoms with Crippen molar-refractivity contribution in [2.45, 2.75) is 26.1 Å². The summed E-state index contributed by atoms with van der Waals surface area (Å²) >= 11 is 1.38. The lowest BCUT2D eigenvalue weighted by molar-refractivity contribution is -0.144. The summed E-state index contributed by atoms with van der Waals surface area (Å²) in [5.74, 6) is -0.838. The van der Waals surface area contributed by atoms with E-state index in [1.165, 1.54) is 23.5 Å². The molecule has 1 saturated heterocycles. The molecule has 3 rings (SSSR count). The van der Waals surface area contributed by atoms with Crippen LogP contribution in [0.15, 0.2) is 29.6 Å². The number of thiazole rings is 1. The zero-order chi connectivity index (χ0) is 18.9. The minimum atomic E-state index is -4.35. The van der Waals surface area contributed by atoms with Crippen LogP contribution in [0.3, 0.4) is 0 Å². The van der Waals surface area contributed by atoms with E-state index in [1.807, 2.05) is 12.3 Å². The summed E-state index contributed by atoms with van der Waals surface area (Å²) in [6.45, 7) is 3.89. The standard InChI is InChI=1S/C18H19F3N2O2S/c1-11-6-13(17(24)25)8-23(7-11)9-15-10-26-16(22-15)12-2-4-14(5-3-12)18(19,20)21/h2-5,10-11,13H,6-9H2,1H3,(H,24,25). The van der Waals surface area contributed by atoms with Crippen molar-refractivity contribution >= 4 is 17.3 Å². The molecule has 1 N–H and O–H groups in total. The summed E-state index contributed by atoms with van der Waals surface area (Å²) in [4.78, 5) is 17.9. The molecule has 2 aromatic rings. The fourth-order valence-corrected chi connectivity index (χ4v) is 4.13. The Morgan fingerprint density at radius 1 is 1.31 bits per heavy atom. The molecule has 0 aliphatic carbocycles. The highest BCUT2D eigenvalue weighted by molar-refractivity contribution is 7.13. The van der Waals surface area contributed by atoms with Gasteiger partial charge in [0.15, 0.2) is 0 Å². The van der Waals surface area contributed by atoms with Crippen molar-refractivity contribution in [2.75, 3.05) is 13.1 Å². The third kappa shape index (κ3) is 4.42. The van der Waals surface area contributed by atoms with Gasteiger partial charge < -0.3 is 5.11 Å². The van der Waals surface area contributed by atoms with E-state index in [9.17, 15) is 23.1 Å². The molecule has 0 saturated carbocycles. The largest absolute Gasteiger partial charge is 0.481 e. The molecule has 1 aromatic heterocycles. The zero-order valence-corrected chi connectivity index (χ0v) is 15.0. The lowest BCUT2D eigenvalue weighted by Crippen LogP contribution is -2.42. The molecule has 0 bridgehead atoms. The summed E-state index contributed by atoms with van der Waals surface area (Å²) < 4.78 is 37.9. The lowest BCUT2D eigenvalue weighted by atomic mass is 9.90. The van der Waals surface area contributed by atoms with Crippen molar-refractivity contribution < 1.29 is 23.1 Å². The molecule has 1 aromatic carbocycles. The fourth-order valence-electron chi connectivity index (χ4n) is 3.31. The lowest BCUT2D eigenvalue weighted by Gasteiger charge is -2.34. The number of hydrogen-bond acceptors (Lipinski definition) is 4. The zero-order valence-electron chi connectivity index (χ0n) is 14.2. The second-order valence-electron chi connectivity index (χ2n) is 6.79. The van der Waals surface area contributed by atoms with Crippen molar-refractivity contribution in [1.29, 1.82) is 0 Å². The predicted molar refractivity (Wildman–Crippen MR) is 92.7 cm³/mol. The number of benzene rings is 1. The van der Waals surface area contributed by atoms with Gasteiger partial charge in [0.05, 0.1) is 17.2 Å². The van der Waals surface area contributed by atoms with Gasteiger partial charge in [-0.25, -0.2) is 4.98 Å². The van der Waals surface area contributed by atoms with Gasteiger partial charge in [-0.2, -0.15) is 13.2 Å². The molecule has 26 heavy (non-hydrogen) atoms. The maximum atomic E-state index is 12.6. The maximum Gasteiger partial charge on any atom is 0.416 e. The van der Waals surface area contributed by atoms with Crippen molar-refractivity contribution in [2.24, 2.45) is 11.8 Å². The number of carboxylic acid groups (broad SMARTS) is 1. The van der Waals surface area contributed by atoms with Crippen LogP contribution in [0.5, 0.6) is 0 Å². The molecular formula is C18H19F3N2O2S. The van der Waals surface area contributed by atoms with Gasteiger partial charge in [0.25, 0.3) is 0 Å². The van der Waals surface area contributed by atoms with Crippen LogP contribution in [0.2, 0.25) is 0 Å². The number of piperidine rings is 1. The van der Waals surface area contributed by atoms with E-state index >= 15 is 0 Å². The van der Waals surface area contributed by atoms with Crippen LogP contribution in [-0.4, -0.2) is 34.0 Å². The topological polar surface area (TPSA) is 53.4 Å². The molecule has 4 nitrogen and oxygen atoms in total. The van der Waals surface area contributed by atoms with Crippen LogP contribution in [0, 0.1) is 11.8 Å². The van der Waals surface area contributed by atoms with Crippen LogP contribution in [0.1, 0.15) is 24.6 Å². The van der Waals surface area contributed by atoms with E-state index < -0.39 is 17.7 Å². The minimum Gasteiger partial charge on any atom is -0.481 e. The van der Waals surface area contributed by atoms with E-state index in [0.717, 1.165) is 24.4 Å². The van der Waals surface area contributed by atoms with Crippen molar-refractivity contribution in [3.8, 4) is 10.6 Å². The highest BCUT2D eigenvalue weighted by Gasteiger charge is 2.31. The van der Waals surface area contributed by atoms with Crippen molar-refractivity contribution in [3.05, 3.63) is 40.9 Å².